The molecule has 6 heteroatoms. The van der Waals surface area contributed by atoms with Crippen LogP contribution in [-0.4, -0.2) is 35.0 Å². The summed E-state index contributed by atoms with van der Waals surface area (Å²) in [4.78, 5) is 24.9. The Morgan fingerprint density at radius 2 is 2.24 bits per heavy atom. The summed E-state index contributed by atoms with van der Waals surface area (Å²) in [6.07, 6.45) is 0.837. The number of amides is 1. The third-order valence-corrected chi connectivity index (χ3v) is 5.09. The molecule has 0 spiro atoms. The number of thiophene rings is 1. The molecule has 1 aromatic heterocycles. The van der Waals surface area contributed by atoms with Crippen molar-refractivity contribution in [3.8, 4) is 0 Å². The average Bonchev–Trinajstić information content (AvgIpc) is 3.06. The topological polar surface area (TPSA) is 57.6 Å². The van der Waals surface area contributed by atoms with Gasteiger partial charge >= 0.3 is 5.97 Å². The molecule has 21 heavy (non-hydrogen) atoms. The molecule has 0 aliphatic carbocycles. The van der Waals surface area contributed by atoms with Gasteiger partial charge in [-0.05, 0) is 40.9 Å². The van der Waals surface area contributed by atoms with Crippen molar-refractivity contribution >= 4 is 44.9 Å². The Hall–Kier alpha value is -1.59. The molecule has 1 aliphatic rings. The van der Waals surface area contributed by atoms with Crippen LogP contribution in [0, 0.1) is 5.92 Å². The zero-order valence-electron chi connectivity index (χ0n) is 11.2. The smallest absolute Gasteiger partial charge is 0.308 e. The van der Waals surface area contributed by atoms with Crippen molar-refractivity contribution in [2.24, 2.45) is 5.92 Å². The molecular weight excluding hydrogens is 310 g/mol. The maximum absolute atomic E-state index is 12.3. The Morgan fingerprint density at radius 3 is 2.95 bits per heavy atom. The second kappa shape index (κ2) is 5.66. The minimum atomic E-state index is -0.821. The van der Waals surface area contributed by atoms with Crippen LogP contribution in [0.5, 0.6) is 0 Å². The van der Waals surface area contributed by atoms with Gasteiger partial charge in [-0.3, -0.25) is 9.59 Å². The van der Waals surface area contributed by atoms with E-state index in [0.29, 0.717) is 31.0 Å². The number of halogens is 1. The van der Waals surface area contributed by atoms with Crippen LogP contribution in [0.3, 0.4) is 0 Å². The Balaban J connectivity index is 1.75. The number of aliphatic carboxylic acids is 1. The highest BCUT2D eigenvalue weighted by Crippen LogP contribution is 2.29. The van der Waals surface area contributed by atoms with E-state index in [1.54, 1.807) is 16.2 Å². The monoisotopic (exact) mass is 323 g/mol. The zero-order chi connectivity index (χ0) is 15.0. The molecule has 2 aromatic rings. The molecule has 1 fully saturated rings. The number of nitrogens with zero attached hydrogens (tertiary/aromatic N) is 1. The van der Waals surface area contributed by atoms with Gasteiger partial charge in [0.2, 0.25) is 5.91 Å². The summed E-state index contributed by atoms with van der Waals surface area (Å²) >= 11 is 7.60. The molecule has 1 saturated heterocycles. The van der Waals surface area contributed by atoms with E-state index in [1.807, 2.05) is 23.6 Å². The van der Waals surface area contributed by atoms with Gasteiger partial charge < -0.3 is 10.0 Å². The van der Waals surface area contributed by atoms with Crippen LogP contribution in [0.15, 0.2) is 23.6 Å². The van der Waals surface area contributed by atoms with Crippen LogP contribution in [0.1, 0.15) is 12.0 Å². The summed E-state index contributed by atoms with van der Waals surface area (Å²) in [6, 6.07) is 5.66. The highest BCUT2D eigenvalue weighted by molar-refractivity contribution is 7.17. The maximum Gasteiger partial charge on any atom is 0.308 e. The summed E-state index contributed by atoms with van der Waals surface area (Å²) in [6.45, 7) is 0.843. The van der Waals surface area contributed by atoms with Gasteiger partial charge in [-0.2, -0.15) is 0 Å². The van der Waals surface area contributed by atoms with E-state index in [4.69, 9.17) is 16.7 Å². The molecule has 0 radical (unpaired) electrons. The molecule has 1 atom stereocenters. The normalized spacial score (nSPS) is 18.3. The number of carboxylic acid groups (broad SMARTS) is 1. The van der Waals surface area contributed by atoms with E-state index in [-0.39, 0.29) is 5.91 Å². The predicted octanol–water partition coefficient (Wildman–Crippen LogP) is 3.03. The Morgan fingerprint density at radius 1 is 1.43 bits per heavy atom. The van der Waals surface area contributed by atoms with Crippen molar-refractivity contribution in [2.75, 3.05) is 13.1 Å². The van der Waals surface area contributed by atoms with Gasteiger partial charge in [0.15, 0.2) is 0 Å². The van der Waals surface area contributed by atoms with Crippen LogP contribution in [0.2, 0.25) is 5.02 Å². The van der Waals surface area contributed by atoms with E-state index in [2.05, 4.69) is 0 Å². The largest absolute Gasteiger partial charge is 0.481 e. The summed E-state index contributed by atoms with van der Waals surface area (Å²) in [5.74, 6) is -1.26. The van der Waals surface area contributed by atoms with Gasteiger partial charge in [0, 0.05) is 22.8 Å². The number of carbonyl (C=O) groups excluding carboxylic acids is 1. The number of likely N-dealkylation sites (tertiary alicyclic amines) is 1. The average molecular weight is 324 g/mol. The summed E-state index contributed by atoms with van der Waals surface area (Å²) in [7, 11) is 0. The van der Waals surface area contributed by atoms with E-state index in [0.717, 1.165) is 15.6 Å². The first-order valence-electron chi connectivity index (χ1n) is 6.71. The fraction of sp³-hybridized carbons (Fsp3) is 0.333. The second-order valence-electron chi connectivity index (χ2n) is 5.24. The first kappa shape index (κ1) is 14.4. The molecule has 1 aromatic carbocycles. The Kier molecular flexibility index (Phi) is 3.87. The van der Waals surface area contributed by atoms with Crippen LogP contribution in [0.25, 0.3) is 10.1 Å². The fourth-order valence-corrected chi connectivity index (χ4v) is 3.77. The lowest BCUT2D eigenvalue weighted by molar-refractivity contribution is -0.141. The SMILES string of the molecule is O=C(O)C1CCN(C(=O)Cc2csc3ccc(Cl)cc23)C1. The number of benzene rings is 1. The van der Waals surface area contributed by atoms with Gasteiger partial charge in [-0.15, -0.1) is 11.3 Å². The molecule has 110 valence electrons. The Labute approximate surface area is 130 Å². The van der Waals surface area contributed by atoms with Crippen molar-refractivity contribution < 1.29 is 14.7 Å². The van der Waals surface area contributed by atoms with Crippen LogP contribution in [0.4, 0.5) is 0 Å². The molecular formula is C15H14ClNO3S. The van der Waals surface area contributed by atoms with Crippen LogP contribution in [-0.2, 0) is 16.0 Å². The molecule has 4 nitrogen and oxygen atoms in total. The molecule has 3 rings (SSSR count). The zero-order valence-corrected chi connectivity index (χ0v) is 12.8. The van der Waals surface area contributed by atoms with Gasteiger partial charge in [-0.1, -0.05) is 11.6 Å². The first-order valence-corrected chi connectivity index (χ1v) is 7.96. The first-order chi connectivity index (χ1) is 10.0. The molecule has 1 amide bonds. The third-order valence-electron chi connectivity index (χ3n) is 3.85. The van der Waals surface area contributed by atoms with Gasteiger partial charge in [-0.25, -0.2) is 0 Å². The number of carbonyl (C=O) groups is 2. The molecule has 1 aliphatic heterocycles. The van der Waals surface area contributed by atoms with Gasteiger partial charge in [0.05, 0.1) is 12.3 Å². The van der Waals surface area contributed by atoms with Crippen LogP contribution >= 0.6 is 22.9 Å². The second-order valence-corrected chi connectivity index (χ2v) is 6.59. The van der Waals surface area contributed by atoms with Crippen molar-refractivity contribution in [1.82, 2.24) is 4.90 Å². The lowest BCUT2D eigenvalue weighted by Crippen LogP contribution is -2.31. The molecule has 1 unspecified atom stereocenters. The number of hydrogen-bond donors (Lipinski definition) is 1. The predicted molar refractivity (Wildman–Crippen MR) is 82.9 cm³/mol. The third kappa shape index (κ3) is 2.89. The minimum absolute atomic E-state index is 0.0153. The maximum atomic E-state index is 12.3. The number of hydrogen-bond acceptors (Lipinski definition) is 3. The quantitative estimate of drug-likeness (QED) is 0.944. The van der Waals surface area contributed by atoms with Gasteiger partial charge in [0.1, 0.15) is 0 Å². The molecule has 1 N–H and O–H groups in total. The fourth-order valence-electron chi connectivity index (χ4n) is 2.65. The van der Waals surface area contributed by atoms with Crippen molar-refractivity contribution in [3.63, 3.8) is 0 Å². The highest BCUT2D eigenvalue weighted by Gasteiger charge is 2.30. The number of fused-ring (bicyclic) bond motifs is 1. The van der Waals surface area contributed by atoms with Crippen molar-refractivity contribution in [2.45, 2.75) is 12.8 Å². The van der Waals surface area contributed by atoms with Crippen molar-refractivity contribution in [3.05, 3.63) is 34.2 Å². The summed E-state index contributed by atoms with van der Waals surface area (Å²) in [5.41, 5.74) is 0.960. The van der Waals surface area contributed by atoms with Crippen LogP contribution < -0.4 is 0 Å². The Bertz CT molecular complexity index is 712. The highest BCUT2D eigenvalue weighted by atomic mass is 35.5. The molecule has 0 bridgehead atoms. The van der Waals surface area contributed by atoms with E-state index < -0.39 is 11.9 Å². The van der Waals surface area contributed by atoms with Gasteiger partial charge in [0.25, 0.3) is 0 Å². The number of rotatable bonds is 3. The summed E-state index contributed by atoms with van der Waals surface area (Å²) in [5, 5.41) is 12.6. The summed E-state index contributed by atoms with van der Waals surface area (Å²) < 4.78 is 1.10. The van der Waals surface area contributed by atoms with Crippen molar-refractivity contribution in [1.29, 1.82) is 0 Å². The van der Waals surface area contributed by atoms with E-state index in [1.165, 1.54) is 0 Å². The molecule has 2 heterocycles. The molecule has 0 saturated carbocycles. The minimum Gasteiger partial charge on any atom is -0.481 e. The lowest BCUT2D eigenvalue weighted by atomic mass is 10.1. The van der Waals surface area contributed by atoms with E-state index in [9.17, 15) is 9.59 Å². The number of carboxylic acids is 1. The van der Waals surface area contributed by atoms with E-state index >= 15 is 0 Å². The standard InChI is InChI=1S/C15H14ClNO3S/c16-11-1-2-13-12(6-11)10(8-21-13)5-14(18)17-4-3-9(7-17)15(19)20/h1-2,6,8-9H,3-5,7H2,(H,19,20). The lowest BCUT2D eigenvalue weighted by Gasteiger charge is -2.15.